The Bertz CT molecular complexity index is 867. The number of likely N-dealkylation sites (tertiary alicyclic amines) is 1. The maximum atomic E-state index is 12.8. The highest BCUT2D eigenvalue weighted by atomic mass is 16.5. The largest absolute Gasteiger partial charge is 0.497 e. The van der Waals surface area contributed by atoms with Crippen molar-refractivity contribution in [3.05, 3.63) is 53.9 Å². The molecule has 1 aromatic carbocycles. The average Bonchev–Trinajstić information content (AvgIpc) is 3.37. The third-order valence-corrected chi connectivity index (χ3v) is 6.01. The molecule has 1 amide bonds. The Morgan fingerprint density at radius 3 is 2.67 bits per heavy atom. The molecule has 0 radical (unpaired) electrons. The molecule has 7 nitrogen and oxygen atoms in total. The van der Waals surface area contributed by atoms with E-state index in [-0.39, 0.29) is 18.0 Å². The predicted molar refractivity (Wildman–Crippen MR) is 113 cm³/mol. The van der Waals surface area contributed by atoms with Crippen molar-refractivity contribution in [2.24, 2.45) is 0 Å². The summed E-state index contributed by atoms with van der Waals surface area (Å²) in [5.74, 6) is 1.17. The van der Waals surface area contributed by atoms with Crippen LogP contribution in [0.15, 0.2) is 42.6 Å². The minimum atomic E-state index is -0.698. The van der Waals surface area contributed by atoms with E-state index in [0.29, 0.717) is 23.5 Å². The fraction of sp³-hybridized carbons (Fsp3) is 0.478. The number of nitrogens with zero attached hydrogens (tertiary/aromatic N) is 2. The van der Waals surface area contributed by atoms with E-state index in [4.69, 9.17) is 9.47 Å². The van der Waals surface area contributed by atoms with Gasteiger partial charge in [-0.15, -0.1) is 0 Å². The van der Waals surface area contributed by atoms with Crippen molar-refractivity contribution in [1.29, 1.82) is 0 Å². The van der Waals surface area contributed by atoms with E-state index in [1.54, 1.807) is 19.4 Å². The summed E-state index contributed by atoms with van der Waals surface area (Å²) < 4.78 is 11.4. The molecule has 2 heterocycles. The summed E-state index contributed by atoms with van der Waals surface area (Å²) >= 11 is 0. The van der Waals surface area contributed by atoms with Gasteiger partial charge in [-0.25, -0.2) is 0 Å². The van der Waals surface area contributed by atoms with E-state index < -0.39 is 12.2 Å². The van der Waals surface area contributed by atoms with E-state index in [1.165, 1.54) is 0 Å². The van der Waals surface area contributed by atoms with Crippen molar-refractivity contribution in [1.82, 2.24) is 15.2 Å². The molecule has 1 aromatic heterocycles. The normalized spacial score (nSPS) is 26.5. The number of ether oxygens (including phenoxy) is 2. The third-order valence-electron chi connectivity index (χ3n) is 6.01. The number of aliphatic hydroxyl groups is 1. The van der Waals surface area contributed by atoms with Crippen LogP contribution in [-0.4, -0.2) is 65.4 Å². The number of amides is 1. The average molecular weight is 412 g/mol. The van der Waals surface area contributed by atoms with Gasteiger partial charge >= 0.3 is 0 Å². The van der Waals surface area contributed by atoms with Crippen molar-refractivity contribution >= 4 is 5.91 Å². The first-order chi connectivity index (χ1) is 14.5. The molecule has 30 heavy (non-hydrogen) atoms. The highest BCUT2D eigenvalue weighted by Gasteiger charge is 2.47. The van der Waals surface area contributed by atoms with Gasteiger partial charge in [0, 0.05) is 24.4 Å². The smallest absolute Gasteiger partial charge is 0.253 e. The van der Waals surface area contributed by atoms with Crippen LogP contribution < -0.4 is 14.8 Å². The number of hydrogen-bond donors (Lipinski definition) is 2. The van der Waals surface area contributed by atoms with Gasteiger partial charge in [-0.3, -0.25) is 14.7 Å². The highest BCUT2D eigenvalue weighted by Crippen LogP contribution is 2.32. The lowest BCUT2D eigenvalue weighted by Crippen LogP contribution is -2.52. The van der Waals surface area contributed by atoms with E-state index in [1.807, 2.05) is 37.3 Å². The fourth-order valence-corrected chi connectivity index (χ4v) is 4.46. The molecule has 160 valence electrons. The van der Waals surface area contributed by atoms with Crippen LogP contribution in [0.1, 0.15) is 35.3 Å². The second-order valence-electron chi connectivity index (χ2n) is 8.06. The molecule has 0 spiro atoms. The Morgan fingerprint density at radius 2 is 1.97 bits per heavy atom. The molecular weight excluding hydrogens is 382 g/mol. The predicted octanol–water partition coefficient (Wildman–Crippen LogP) is 2.17. The summed E-state index contributed by atoms with van der Waals surface area (Å²) in [7, 11) is 1.61. The molecule has 0 unspecified atom stereocenters. The van der Waals surface area contributed by atoms with Crippen LogP contribution in [-0.2, 0) is 0 Å². The summed E-state index contributed by atoms with van der Waals surface area (Å²) in [5, 5.41) is 14.3. The monoisotopic (exact) mass is 411 g/mol. The highest BCUT2D eigenvalue weighted by molar-refractivity contribution is 5.94. The van der Waals surface area contributed by atoms with Gasteiger partial charge in [-0.2, -0.15) is 0 Å². The van der Waals surface area contributed by atoms with Crippen molar-refractivity contribution < 1.29 is 19.4 Å². The Kier molecular flexibility index (Phi) is 6.20. The summed E-state index contributed by atoms with van der Waals surface area (Å²) in [5.41, 5.74) is 1.39. The zero-order valence-electron chi connectivity index (χ0n) is 17.5. The van der Waals surface area contributed by atoms with Crippen LogP contribution >= 0.6 is 0 Å². The van der Waals surface area contributed by atoms with E-state index in [0.717, 1.165) is 31.6 Å². The first kappa shape index (κ1) is 20.6. The molecule has 0 bridgehead atoms. The number of methoxy groups -OCH3 is 1. The summed E-state index contributed by atoms with van der Waals surface area (Å²) in [6, 6.07) is 10.6. The number of carbonyl (C=O) groups is 1. The molecule has 2 N–H and O–H groups in total. The van der Waals surface area contributed by atoms with Gasteiger partial charge in [0.15, 0.2) is 0 Å². The van der Waals surface area contributed by atoms with Gasteiger partial charge in [0.1, 0.15) is 23.7 Å². The third kappa shape index (κ3) is 4.42. The van der Waals surface area contributed by atoms with E-state index in [9.17, 15) is 9.90 Å². The molecule has 2 aliphatic rings. The van der Waals surface area contributed by atoms with Crippen molar-refractivity contribution in [3.63, 3.8) is 0 Å². The zero-order chi connectivity index (χ0) is 21.1. The van der Waals surface area contributed by atoms with Crippen LogP contribution in [0.5, 0.6) is 11.5 Å². The maximum absolute atomic E-state index is 12.8. The van der Waals surface area contributed by atoms with Gasteiger partial charge in [0.2, 0.25) is 0 Å². The summed E-state index contributed by atoms with van der Waals surface area (Å²) in [6.45, 7) is 3.73. The number of carbonyl (C=O) groups excluding carboxylic acids is 1. The Hall–Kier alpha value is -2.64. The van der Waals surface area contributed by atoms with Crippen LogP contribution in [0.25, 0.3) is 0 Å². The summed E-state index contributed by atoms with van der Waals surface area (Å²) in [4.78, 5) is 19.3. The molecule has 1 saturated heterocycles. The molecule has 1 saturated carbocycles. The van der Waals surface area contributed by atoms with Crippen molar-refractivity contribution in [3.8, 4) is 11.5 Å². The molecule has 1 aliphatic carbocycles. The van der Waals surface area contributed by atoms with Crippen LogP contribution in [0.3, 0.4) is 0 Å². The van der Waals surface area contributed by atoms with Crippen molar-refractivity contribution in [2.75, 3.05) is 20.2 Å². The number of benzene rings is 1. The number of hydrogen-bond acceptors (Lipinski definition) is 6. The Morgan fingerprint density at radius 1 is 1.20 bits per heavy atom. The Balaban J connectivity index is 1.51. The minimum Gasteiger partial charge on any atom is -0.497 e. The standard InChI is InChI=1S/C23H29N3O4/c1-15-8-9-16(14-24-15)23(28)25-19-13-20(22(27)21(19)26-10-3-4-11-26)30-18-7-5-6-17(12-18)29-2/h5-9,12,14,19-22,27H,3-4,10-11,13H2,1-2H3,(H,25,28)/t19-,20-,21+,22+/m1/s1. The van der Waals surface area contributed by atoms with Gasteiger partial charge in [0.25, 0.3) is 5.91 Å². The number of nitrogens with one attached hydrogen (secondary N) is 1. The molecule has 2 fully saturated rings. The number of pyridine rings is 1. The molecule has 7 heteroatoms. The zero-order valence-corrected chi connectivity index (χ0v) is 17.5. The molecule has 4 atom stereocenters. The van der Waals surface area contributed by atoms with Crippen molar-refractivity contribution in [2.45, 2.75) is 50.5 Å². The molecule has 1 aliphatic heterocycles. The van der Waals surface area contributed by atoms with Gasteiger partial charge < -0.3 is 19.9 Å². The quantitative estimate of drug-likeness (QED) is 0.758. The number of aliphatic hydroxyl groups excluding tert-OH is 1. The summed E-state index contributed by atoms with van der Waals surface area (Å²) in [6.07, 6.45) is 3.22. The lowest BCUT2D eigenvalue weighted by Gasteiger charge is -2.32. The van der Waals surface area contributed by atoms with Gasteiger partial charge in [-0.1, -0.05) is 6.07 Å². The minimum absolute atomic E-state index is 0.175. The second-order valence-corrected chi connectivity index (χ2v) is 8.06. The second kappa shape index (κ2) is 9.02. The number of aromatic nitrogens is 1. The SMILES string of the molecule is COc1cccc(O[C@@H]2C[C@@H](NC(=O)c3ccc(C)nc3)[C@H](N3CCCC3)[C@H]2O)c1. The Labute approximate surface area is 177 Å². The topological polar surface area (TPSA) is 83.9 Å². The molecule has 2 aromatic rings. The lowest BCUT2D eigenvalue weighted by atomic mass is 10.1. The van der Waals surface area contributed by atoms with E-state index in [2.05, 4.69) is 15.2 Å². The van der Waals surface area contributed by atoms with Crippen LogP contribution in [0.4, 0.5) is 0 Å². The first-order valence-corrected chi connectivity index (χ1v) is 10.5. The lowest BCUT2D eigenvalue weighted by molar-refractivity contribution is 0.0138. The van der Waals surface area contributed by atoms with Crippen LogP contribution in [0, 0.1) is 6.92 Å². The molecule has 4 rings (SSSR count). The fourth-order valence-electron chi connectivity index (χ4n) is 4.46. The first-order valence-electron chi connectivity index (χ1n) is 10.5. The van der Waals surface area contributed by atoms with Gasteiger partial charge in [-0.05, 0) is 57.1 Å². The number of rotatable bonds is 6. The molecular formula is C23H29N3O4. The van der Waals surface area contributed by atoms with E-state index >= 15 is 0 Å². The maximum Gasteiger partial charge on any atom is 0.253 e. The van der Waals surface area contributed by atoms with Crippen LogP contribution in [0.2, 0.25) is 0 Å². The van der Waals surface area contributed by atoms with Gasteiger partial charge in [0.05, 0.1) is 24.8 Å². The number of aryl methyl sites for hydroxylation is 1.